The number of hydrogen-bond donors (Lipinski definition) is 0. The van der Waals surface area contributed by atoms with E-state index in [1.807, 2.05) is 23.1 Å². The lowest BCUT2D eigenvalue weighted by molar-refractivity contribution is -0.145. The van der Waals surface area contributed by atoms with Gasteiger partial charge in [-0.2, -0.15) is 0 Å². The number of likely N-dealkylation sites (tertiary alicyclic amines) is 1. The third kappa shape index (κ3) is 2.20. The Hall–Kier alpha value is -1.31. The van der Waals surface area contributed by atoms with E-state index in [4.69, 9.17) is 0 Å². The lowest BCUT2D eigenvalue weighted by Crippen LogP contribution is -2.52. The van der Waals surface area contributed by atoms with Gasteiger partial charge in [-0.25, -0.2) is 0 Å². The van der Waals surface area contributed by atoms with Crippen LogP contribution in [0.1, 0.15) is 25.3 Å². The first-order valence-electron chi connectivity index (χ1n) is 5.64. The summed E-state index contributed by atoms with van der Waals surface area (Å²) in [5.74, 6) is 0.317. The molecule has 2 heteroatoms. The van der Waals surface area contributed by atoms with Gasteiger partial charge in [-0.15, -0.1) is 0 Å². The fourth-order valence-corrected chi connectivity index (χ4v) is 2.09. The summed E-state index contributed by atoms with van der Waals surface area (Å²) in [5.41, 5.74) is 1.31. The van der Waals surface area contributed by atoms with Gasteiger partial charge < -0.3 is 4.90 Å². The molecule has 1 saturated heterocycles. The molecule has 15 heavy (non-hydrogen) atoms. The van der Waals surface area contributed by atoms with Gasteiger partial charge in [0, 0.05) is 19.0 Å². The van der Waals surface area contributed by atoms with Crippen LogP contribution in [0.2, 0.25) is 0 Å². The summed E-state index contributed by atoms with van der Waals surface area (Å²) in [6.07, 6.45) is 2.81. The van der Waals surface area contributed by atoms with E-state index in [1.165, 1.54) is 5.56 Å². The fraction of sp³-hybridized carbons (Fsp3) is 0.462. The van der Waals surface area contributed by atoms with Crippen LogP contribution in [0.15, 0.2) is 30.3 Å². The van der Waals surface area contributed by atoms with Crippen molar-refractivity contribution >= 4 is 5.91 Å². The van der Waals surface area contributed by atoms with Crippen LogP contribution >= 0.6 is 0 Å². The van der Waals surface area contributed by atoms with Crippen LogP contribution in [0.5, 0.6) is 0 Å². The van der Waals surface area contributed by atoms with E-state index in [1.54, 1.807) is 0 Å². The Kier molecular flexibility index (Phi) is 3.05. The standard InChI is InChI=1S/C13H17NO/c1-2-12-10-13(15)14(12)9-8-11-6-4-3-5-7-11/h3-7,12H,2,8-10H2,1H3/t12-/m1/s1. The lowest BCUT2D eigenvalue weighted by atomic mass is 9.98. The summed E-state index contributed by atoms with van der Waals surface area (Å²) >= 11 is 0. The molecule has 1 aromatic carbocycles. The number of rotatable bonds is 4. The third-order valence-electron chi connectivity index (χ3n) is 3.13. The van der Waals surface area contributed by atoms with Crippen molar-refractivity contribution < 1.29 is 4.79 Å². The summed E-state index contributed by atoms with van der Waals surface area (Å²) in [4.78, 5) is 13.4. The van der Waals surface area contributed by atoms with Crippen molar-refractivity contribution in [1.29, 1.82) is 0 Å². The average molecular weight is 203 g/mol. The molecule has 1 aliphatic heterocycles. The highest BCUT2D eigenvalue weighted by atomic mass is 16.2. The maximum atomic E-state index is 11.3. The second-order valence-corrected chi connectivity index (χ2v) is 4.09. The summed E-state index contributed by atoms with van der Waals surface area (Å²) in [6, 6.07) is 10.8. The van der Waals surface area contributed by atoms with Crippen LogP contribution in [0.25, 0.3) is 0 Å². The average Bonchev–Trinajstić information content (AvgIpc) is 2.27. The molecular formula is C13H17NO. The van der Waals surface area contributed by atoms with E-state index in [9.17, 15) is 4.79 Å². The van der Waals surface area contributed by atoms with Crippen LogP contribution in [0.3, 0.4) is 0 Å². The van der Waals surface area contributed by atoms with Gasteiger partial charge in [0.25, 0.3) is 0 Å². The first kappa shape index (κ1) is 10.2. The van der Waals surface area contributed by atoms with Crippen LogP contribution in [-0.4, -0.2) is 23.4 Å². The smallest absolute Gasteiger partial charge is 0.224 e. The van der Waals surface area contributed by atoms with Gasteiger partial charge in [-0.1, -0.05) is 37.3 Å². The predicted octanol–water partition coefficient (Wildman–Crippen LogP) is 2.24. The molecule has 1 aliphatic rings. The molecule has 0 saturated carbocycles. The normalized spacial score (nSPS) is 20.2. The van der Waals surface area contributed by atoms with E-state index in [0.29, 0.717) is 11.9 Å². The van der Waals surface area contributed by atoms with Crippen molar-refractivity contribution in [2.75, 3.05) is 6.54 Å². The van der Waals surface area contributed by atoms with Crippen molar-refractivity contribution in [3.05, 3.63) is 35.9 Å². The number of amides is 1. The molecule has 1 heterocycles. The molecule has 1 fully saturated rings. The van der Waals surface area contributed by atoms with Crippen molar-refractivity contribution in [3.8, 4) is 0 Å². The third-order valence-corrected chi connectivity index (χ3v) is 3.13. The number of β-lactam (4-membered cyclic amide) rings is 1. The van der Waals surface area contributed by atoms with Crippen molar-refractivity contribution in [1.82, 2.24) is 4.90 Å². The molecule has 2 rings (SSSR count). The fourth-order valence-electron chi connectivity index (χ4n) is 2.09. The van der Waals surface area contributed by atoms with E-state index in [2.05, 4.69) is 19.1 Å². The molecule has 80 valence electrons. The number of carbonyl (C=O) groups is 1. The molecule has 2 nitrogen and oxygen atoms in total. The zero-order valence-electron chi connectivity index (χ0n) is 9.15. The monoisotopic (exact) mass is 203 g/mol. The Morgan fingerprint density at radius 3 is 2.67 bits per heavy atom. The molecule has 0 bridgehead atoms. The molecule has 0 aliphatic carbocycles. The van der Waals surface area contributed by atoms with E-state index >= 15 is 0 Å². The van der Waals surface area contributed by atoms with E-state index in [-0.39, 0.29) is 0 Å². The van der Waals surface area contributed by atoms with Crippen LogP contribution < -0.4 is 0 Å². The van der Waals surface area contributed by atoms with Crippen molar-refractivity contribution in [2.24, 2.45) is 0 Å². The van der Waals surface area contributed by atoms with Crippen LogP contribution in [0.4, 0.5) is 0 Å². The Morgan fingerprint density at radius 2 is 2.07 bits per heavy atom. The van der Waals surface area contributed by atoms with Crippen LogP contribution in [0, 0.1) is 0 Å². The summed E-state index contributed by atoms with van der Waals surface area (Å²) in [6.45, 7) is 3.02. The Balaban J connectivity index is 1.86. The molecule has 1 aromatic rings. The Bertz CT molecular complexity index is 334. The number of hydrogen-bond acceptors (Lipinski definition) is 1. The van der Waals surface area contributed by atoms with Crippen molar-refractivity contribution in [2.45, 2.75) is 32.2 Å². The van der Waals surface area contributed by atoms with Gasteiger partial charge in [0.2, 0.25) is 5.91 Å². The number of benzene rings is 1. The highest BCUT2D eigenvalue weighted by molar-refractivity contribution is 5.83. The molecule has 0 spiro atoms. The highest BCUT2D eigenvalue weighted by Crippen LogP contribution is 2.21. The largest absolute Gasteiger partial charge is 0.339 e. The van der Waals surface area contributed by atoms with Crippen molar-refractivity contribution in [3.63, 3.8) is 0 Å². The summed E-state index contributed by atoms with van der Waals surface area (Å²) in [7, 11) is 0. The predicted molar refractivity (Wildman–Crippen MR) is 60.6 cm³/mol. The zero-order valence-corrected chi connectivity index (χ0v) is 9.15. The number of carbonyl (C=O) groups excluding carboxylic acids is 1. The zero-order chi connectivity index (χ0) is 10.7. The van der Waals surface area contributed by atoms with Gasteiger partial charge in [-0.3, -0.25) is 4.79 Å². The summed E-state index contributed by atoms with van der Waals surface area (Å²) in [5, 5.41) is 0. The van der Waals surface area contributed by atoms with Gasteiger partial charge in [0.1, 0.15) is 0 Å². The molecule has 0 N–H and O–H groups in total. The minimum Gasteiger partial charge on any atom is -0.339 e. The van der Waals surface area contributed by atoms with Crippen LogP contribution in [-0.2, 0) is 11.2 Å². The van der Waals surface area contributed by atoms with Gasteiger partial charge in [0.05, 0.1) is 0 Å². The molecule has 0 unspecified atom stereocenters. The molecular weight excluding hydrogens is 186 g/mol. The minimum absolute atomic E-state index is 0.317. The van der Waals surface area contributed by atoms with Gasteiger partial charge in [0.15, 0.2) is 0 Å². The Labute approximate surface area is 90.9 Å². The highest BCUT2D eigenvalue weighted by Gasteiger charge is 2.33. The van der Waals surface area contributed by atoms with Gasteiger partial charge in [-0.05, 0) is 18.4 Å². The second-order valence-electron chi connectivity index (χ2n) is 4.09. The lowest BCUT2D eigenvalue weighted by Gasteiger charge is -2.40. The molecule has 1 amide bonds. The quantitative estimate of drug-likeness (QED) is 0.687. The Morgan fingerprint density at radius 1 is 1.33 bits per heavy atom. The number of nitrogens with zero attached hydrogens (tertiary/aromatic N) is 1. The summed E-state index contributed by atoms with van der Waals surface area (Å²) < 4.78 is 0. The topological polar surface area (TPSA) is 20.3 Å². The maximum Gasteiger partial charge on any atom is 0.224 e. The molecule has 0 radical (unpaired) electrons. The second kappa shape index (κ2) is 4.47. The first-order chi connectivity index (χ1) is 7.31. The molecule has 0 aromatic heterocycles. The first-order valence-corrected chi connectivity index (χ1v) is 5.64. The van der Waals surface area contributed by atoms with E-state index < -0.39 is 0 Å². The molecule has 1 atom stereocenters. The SMILES string of the molecule is CC[C@@H]1CC(=O)N1CCc1ccccc1. The minimum atomic E-state index is 0.317. The van der Waals surface area contributed by atoms with E-state index in [0.717, 1.165) is 25.8 Å². The van der Waals surface area contributed by atoms with Gasteiger partial charge >= 0.3 is 0 Å². The maximum absolute atomic E-state index is 11.3.